The maximum Gasteiger partial charge on any atom is 0.233 e. The van der Waals surface area contributed by atoms with Crippen molar-refractivity contribution in [2.75, 3.05) is 12.3 Å². The van der Waals surface area contributed by atoms with E-state index >= 15 is 0 Å². The molecule has 1 amide bonds. The van der Waals surface area contributed by atoms with Crippen LogP contribution in [-0.2, 0) is 4.79 Å². The summed E-state index contributed by atoms with van der Waals surface area (Å²) in [6, 6.07) is 0. The van der Waals surface area contributed by atoms with Gasteiger partial charge in [0.25, 0.3) is 0 Å². The average Bonchev–Trinajstić information content (AvgIpc) is 2.72. The molecule has 2 fully saturated rings. The summed E-state index contributed by atoms with van der Waals surface area (Å²) in [5.41, 5.74) is 5.37. The first-order chi connectivity index (χ1) is 9.65. The van der Waals surface area contributed by atoms with Gasteiger partial charge in [-0.3, -0.25) is 4.79 Å². The van der Waals surface area contributed by atoms with Crippen molar-refractivity contribution in [1.29, 1.82) is 0 Å². The third-order valence-electron chi connectivity index (χ3n) is 4.63. The fourth-order valence-corrected chi connectivity index (χ4v) is 4.80. The van der Waals surface area contributed by atoms with E-state index in [1.807, 2.05) is 11.8 Å². The van der Waals surface area contributed by atoms with Gasteiger partial charge in [-0.1, -0.05) is 44.3 Å². The maximum atomic E-state index is 12.7. The van der Waals surface area contributed by atoms with Gasteiger partial charge in [0, 0.05) is 11.8 Å². The van der Waals surface area contributed by atoms with Crippen molar-refractivity contribution in [2.24, 2.45) is 11.1 Å². The Hall–Kier alpha value is -0.290. The minimum Gasteiger partial charge on any atom is -0.392 e. The number of carbonyl (C=O) groups excluding carboxylic acids is 1. The summed E-state index contributed by atoms with van der Waals surface area (Å²) in [4.78, 5) is 13.1. The van der Waals surface area contributed by atoms with Gasteiger partial charge in [0.1, 0.15) is 0 Å². The van der Waals surface area contributed by atoms with Crippen LogP contribution in [0, 0.1) is 5.41 Å². The smallest absolute Gasteiger partial charge is 0.233 e. The summed E-state index contributed by atoms with van der Waals surface area (Å²) in [5.74, 6) is 1.30. The summed E-state index contributed by atoms with van der Waals surface area (Å²) < 4.78 is 0. The lowest BCUT2D eigenvalue weighted by Crippen LogP contribution is -2.50. The van der Waals surface area contributed by atoms with Crippen molar-refractivity contribution in [3.8, 4) is 0 Å². The lowest BCUT2D eigenvalue weighted by atomic mass is 9.79. The number of thiocarbonyl (C=S) groups is 1. The fourth-order valence-electron chi connectivity index (χ4n) is 3.26. The topological polar surface area (TPSA) is 55.1 Å². The van der Waals surface area contributed by atoms with Gasteiger partial charge in [-0.25, -0.2) is 0 Å². The zero-order valence-electron chi connectivity index (χ0n) is 12.2. The zero-order valence-corrected chi connectivity index (χ0v) is 13.8. The molecule has 0 aromatic rings. The van der Waals surface area contributed by atoms with E-state index < -0.39 is 5.41 Å². The number of nitrogens with two attached hydrogens (primary N) is 1. The molecule has 1 saturated carbocycles. The second-order valence-corrected chi connectivity index (χ2v) is 7.91. The summed E-state index contributed by atoms with van der Waals surface area (Å²) in [6.07, 6.45) is 9.96. The van der Waals surface area contributed by atoms with Crippen LogP contribution in [0.2, 0.25) is 0 Å². The minimum atomic E-state index is -0.578. The van der Waals surface area contributed by atoms with Crippen LogP contribution in [0.25, 0.3) is 0 Å². The van der Waals surface area contributed by atoms with Crippen molar-refractivity contribution in [1.82, 2.24) is 5.32 Å². The van der Waals surface area contributed by atoms with Crippen LogP contribution < -0.4 is 11.1 Å². The van der Waals surface area contributed by atoms with Crippen LogP contribution in [0.5, 0.6) is 0 Å². The normalized spacial score (nSPS) is 26.5. The van der Waals surface area contributed by atoms with Gasteiger partial charge in [0.15, 0.2) is 0 Å². The molecule has 3 nitrogen and oxygen atoms in total. The predicted molar refractivity (Wildman–Crippen MR) is 90.0 cm³/mol. The van der Waals surface area contributed by atoms with E-state index in [0.29, 0.717) is 10.2 Å². The Balaban J connectivity index is 1.94. The molecule has 3 N–H and O–H groups in total. The Morgan fingerprint density at radius 2 is 1.90 bits per heavy atom. The molecule has 0 aromatic carbocycles. The molecule has 0 spiro atoms. The number of rotatable bonds is 4. The largest absolute Gasteiger partial charge is 0.392 e. The van der Waals surface area contributed by atoms with Crippen molar-refractivity contribution in [2.45, 2.75) is 63.0 Å². The summed E-state index contributed by atoms with van der Waals surface area (Å²) >= 11 is 7.23. The second-order valence-electron chi connectivity index (χ2n) is 6.06. The lowest BCUT2D eigenvalue weighted by molar-refractivity contribution is -0.128. The van der Waals surface area contributed by atoms with Crippen LogP contribution in [0.1, 0.15) is 57.8 Å². The van der Waals surface area contributed by atoms with E-state index in [4.69, 9.17) is 18.0 Å². The van der Waals surface area contributed by atoms with Crippen molar-refractivity contribution < 1.29 is 4.79 Å². The Labute approximate surface area is 131 Å². The number of thioether (sulfide) groups is 1. The molecule has 5 heteroatoms. The number of nitrogens with one attached hydrogen (secondary N) is 1. The highest BCUT2D eigenvalue weighted by molar-refractivity contribution is 7.99. The first-order valence-electron chi connectivity index (χ1n) is 7.85. The van der Waals surface area contributed by atoms with E-state index in [1.165, 1.54) is 37.9 Å². The van der Waals surface area contributed by atoms with Crippen LogP contribution in [0.4, 0.5) is 0 Å². The quantitative estimate of drug-likeness (QED) is 0.619. The molecule has 1 saturated heterocycles. The van der Waals surface area contributed by atoms with Crippen LogP contribution >= 0.6 is 24.0 Å². The van der Waals surface area contributed by atoms with E-state index in [0.717, 1.165) is 32.2 Å². The number of hydrogen-bond donors (Lipinski definition) is 2. The van der Waals surface area contributed by atoms with Gasteiger partial charge in [-0.05, 0) is 31.4 Å². The van der Waals surface area contributed by atoms with Gasteiger partial charge in [0.2, 0.25) is 5.91 Å². The monoisotopic (exact) mass is 314 g/mol. The molecule has 2 rings (SSSR count). The fraction of sp³-hybridized carbons (Fsp3) is 0.867. The van der Waals surface area contributed by atoms with Crippen LogP contribution in [0.3, 0.4) is 0 Å². The summed E-state index contributed by atoms with van der Waals surface area (Å²) in [7, 11) is 0. The third-order valence-corrected chi connectivity index (χ3v) is 6.42. The first-order valence-corrected chi connectivity index (χ1v) is 9.31. The molecule has 2 aliphatic rings. The molecule has 1 aliphatic carbocycles. The molecule has 1 atom stereocenters. The van der Waals surface area contributed by atoms with Crippen LogP contribution in [-0.4, -0.2) is 28.4 Å². The molecule has 114 valence electrons. The molecule has 1 heterocycles. The first kappa shape index (κ1) is 16.1. The summed E-state index contributed by atoms with van der Waals surface area (Å²) in [5, 5.41) is 3.72. The Kier molecular flexibility index (Phi) is 6.15. The van der Waals surface area contributed by atoms with Crippen molar-refractivity contribution >= 4 is 34.9 Å². The molecule has 0 bridgehead atoms. The summed E-state index contributed by atoms with van der Waals surface area (Å²) in [6.45, 7) is 0.772. The third kappa shape index (κ3) is 3.88. The Bertz CT molecular complexity index is 346. The standard InChI is InChI=1S/C15H26N2OS2/c16-13(19)15(8-4-1-2-5-9-15)14(18)17-11-12-7-3-6-10-20-12/h12H,1-11H2,(H2,16,19)(H,17,18). The van der Waals surface area contributed by atoms with Crippen molar-refractivity contribution in [3.05, 3.63) is 0 Å². The van der Waals surface area contributed by atoms with E-state index in [9.17, 15) is 4.79 Å². The molecule has 1 unspecified atom stereocenters. The molecule has 0 aromatic heterocycles. The highest BCUT2D eigenvalue weighted by atomic mass is 32.2. The lowest BCUT2D eigenvalue weighted by Gasteiger charge is -2.31. The van der Waals surface area contributed by atoms with Gasteiger partial charge in [0.05, 0.1) is 10.4 Å². The van der Waals surface area contributed by atoms with Crippen LogP contribution in [0.15, 0.2) is 0 Å². The molecule has 20 heavy (non-hydrogen) atoms. The number of hydrogen-bond acceptors (Lipinski definition) is 3. The maximum absolute atomic E-state index is 12.7. The zero-order chi connectivity index (χ0) is 14.4. The van der Waals surface area contributed by atoms with Gasteiger partial charge in [-0.2, -0.15) is 11.8 Å². The molecular formula is C15H26N2OS2. The van der Waals surface area contributed by atoms with E-state index in [2.05, 4.69) is 5.32 Å². The van der Waals surface area contributed by atoms with E-state index in [-0.39, 0.29) is 5.91 Å². The van der Waals surface area contributed by atoms with Gasteiger partial charge < -0.3 is 11.1 Å². The minimum absolute atomic E-state index is 0.0815. The SMILES string of the molecule is NC(=S)C1(C(=O)NCC2CCCCS2)CCCCCC1. The van der Waals surface area contributed by atoms with E-state index in [1.54, 1.807) is 0 Å². The highest BCUT2D eigenvalue weighted by Crippen LogP contribution is 2.36. The second kappa shape index (κ2) is 7.64. The van der Waals surface area contributed by atoms with Gasteiger partial charge in [-0.15, -0.1) is 0 Å². The Morgan fingerprint density at radius 3 is 2.45 bits per heavy atom. The molecular weight excluding hydrogens is 288 g/mol. The Morgan fingerprint density at radius 1 is 1.20 bits per heavy atom. The average molecular weight is 315 g/mol. The molecule has 1 aliphatic heterocycles. The van der Waals surface area contributed by atoms with Gasteiger partial charge >= 0.3 is 0 Å². The van der Waals surface area contributed by atoms with Crippen molar-refractivity contribution in [3.63, 3.8) is 0 Å². The highest BCUT2D eigenvalue weighted by Gasteiger charge is 2.41. The predicted octanol–water partition coefficient (Wildman–Crippen LogP) is 3.02. The number of carbonyl (C=O) groups is 1. The number of amides is 1. The molecule has 0 radical (unpaired) electrons.